The van der Waals surface area contributed by atoms with E-state index in [1.54, 1.807) is 0 Å². The summed E-state index contributed by atoms with van der Waals surface area (Å²) >= 11 is 0. The third-order valence-corrected chi connectivity index (χ3v) is 6.48. The van der Waals surface area contributed by atoms with Gasteiger partial charge in [-0.15, -0.1) is 0 Å². The van der Waals surface area contributed by atoms with E-state index in [-0.39, 0.29) is 31.9 Å². The Morgan fingerprint density at radius 1 is 1.05 bits per heavy atom. The van der Waals surface area contributed by atoms with Crippen molar-refractivity contribution in [3.05, 3.63) is 24.0 Å². The average Bonchev–Trinajstić information content (AvgIpc) is 2.37. The molecule has 2 rings (SSSR count). The molecule has 2 N–H and O–H groups in total. The molecule has 0 unspecified atom stereocenters. The zero-order valence-corrected chi connectivity index (χ0v) is 13.0. The van der Waals surface area contributed by atoms with Crippen LogP contribution in [0.1, 0.15) is 0 Å². The molecule has 0 amide bonds. The monoisotopic (exact) mass is 337 g/mol. The van der Waals surface area contributed by atoms with E-state index in [0.29, 0.717) is 0 Å². The van der Waals surface area contributed by atoms with Crippen LogP contribution in [0.2, 0.25) is 0 Å². The zero-order valence-electron chi connectivity index (χ0n) is 11.4. The summed E-state index contributed by atoms with van der Waals surface area (Å²) in [6, 6.07) is 3.37. The Morgan fingerprint density at radius 3 is 2.05 bits per heavy atom. The molecule has 21 heavy (non-hydrogen) atoms. The van der Waals surface area contributed by atoms with Crippen LogP contribution in [0.15, 0.2) is 23.1 Å². The molecular formula is C11H16FN3O4S2. The van der Waals surface area contributed by atoms with Crippen molar-refractivity contribution < 1.29 is 21.2 Å². The van der Waals surface area contributed by atoms with E-state index in [2.05, 4.69) is 0 Å². The second kappa shape index (κ2) is 5.52. The summed E-state index contributed by atoms with van der Waals surface area (Å²) in [5, 5.41) is 0. The van der Waals surface area contributed by atoms with Crippen molar-refractivity contribution in [2.45, 2.75) is 4.90 Å². The number of piperazine rings is 1. The lowest BCUT2D eigenvalue weighted by Gasteiger charge is -2.32. The van der Waals surface area contributed by atoms with Crippen LogP contribution in [0, 0.1) is 5.82 Å². The van der Waals surface area contributed by atoms with Crippen LogP contribution in [-0.4, -0.2) is 57.9 Å². The van der Waals surface area contributed by atoms with E-state index in [4.69, 9.17) is 5.73 Å². The Labute approximate surface area is 123 Å². The Balaban J connectivity index is 2.23. The summed E-state index contributed by atoms with van der Waals surface area (Å²) < 4.78 is 63.5. The number of hydrogen-bond acceptors (Lipinski definition) is 5. The van der Waals surface area contributed by atoms with E-state index in [1.165, 1.54) is 10.4 Å². The molecule has 7 nitrogen and oxygen atoms in total. The molecule has 0 radical (unpaired) electrons. The van der Waals surface area contributed by atoms with Gasteiger partial charge in [0, 0.05) is 31.9 Å². The molecule has 0 bridgehead atoms. The first-order valence-corrected chi connectivity index (χ1v) is 9.41. The van der Waals surface area contributed by atoms with Crippen molar-refractivity contribution in [3.63, 3.8) is 0 Å². The van der Waals surface area contributed by atoms with Crippen molar-refractivity contribution in [1.82, 2.24) is 8.61 Å². The topological polar surface area (TPSA) is 101 Å². The second-order valence-electron chi connectivity index (χ2n) is 4.76. The predicted octanol–water partition coefficient (Wildman–Crippen LogP) is -0.326. The summed E-state index contributed by atoms with van der Waals surface area (Å²) in [7, 11) is -7.35. The number of nitrogens with two attached hydrogens (primary N) is 1. The fourth-order valence-electron chi connectivity index (χ4n) is 2.11. The Kier molecular flexibility index (Phi) is 4.24. The van der Waals surface area contributed by atoms with Crippen LogP contribution in [-0.2, 0) is 20.0 Å². The van der Waals surface area contributed by atoms with Gasteiger partial charge < -0.3 is 5.73 Å². The fourth-order valence-corrected chi connectivity index (χ4v) is 4.40. The molecular weight excluding hydrogens is 321 g/mol. The maximum absolute atomic E-state index is 13.8. The molecule has 118 valence electrons. The number of sulfonamides is 2. The van der Waals surface area contributed by atoms with Gasteiger partial charge in [-0.25, -0.2) is 21.2 Å². The molecule has 0 spiro atoms. The summed E-state index contributed by atoms with van der Waals surface area (Å²) in [4.78, 5) is -0.454. The summed E-state index contributed by atoms with van der Waals surface area (Å²) in [5.41, 5.74) is 5.53. The van der Waals surface area contributed by atoms with Crippen LogP contribution >= 0.6 is 0 Å². The maximum Gasteiger partial charge on any atom is 0.246 e. The highest BCUT2D eigenvalue weighted by atomic mass is 32.2. The van der Waals surface area contributed by atoms with E-state index in [1.807, 2.05) is 0 Å². The van der Waals surface area contributed by atoms with Crippen molar-refractivity contribution in [2.24, 2.45) is 0 Å². The lowest BCUT2D eigenvalue weighted by atomic mass is 10.3. The standard InChI is InChI=1S/C11H16FN3O4S2/c1-20(16,17)14-4-6-15(7-5-14)21(18,19)11-3-2-9(13)8-10(11)12/h2-3,8H,4-7,13H2,1H3. The molecule has 0 aliphatic carbocycles. The first-order chi connectivity index (χ1) is 9.62. The van der Waals surface area contributed by atoms with Crippen molar-refractivity contribution in [2.75, 3.05) is 38.2 Å². The van der Waals surface area contributed by atoms with Gasteiger partial charge in [0.25, 0.3) is 0 Å². The number of rotatable bonds is 3. The van der Waals surface area contributed by atoms with E-state index in [9.17, 15) is 21.2 Å². The SMILES string of the molecule is CS(=O)(=O)N1CCN(S(=O)(=O)c2ccc(N)cc2F)CC1. The minimum Gasteiger partial charge on any atom is -0.399 e. The van der Waals surface area contributed by atoms with Crippen molar-refractivity contribution in [1.29, 1.82) is 0 Å². The van der Waals surface area contributed by atoms with Crippen LogP contribution in [0.4, 0.5) is 10.1 Å². The first kappa shape index (κ1) is 16.1. The second-order valence-corrected chi connectivity index (χ2v) is 8.64. The van der Waals surface area contributed by atoms with Gasteiger partial charge in [0.15, 0.2) is 0 Å². The largest absolute Gasteiger partial charge is 0.399 e. The highest BCUT2D eigenvalue weighted by Gasteiger charge is 2.32. The smallest absolute Gasteiger partial charge is 0.246 e. The van der Waals surface area contributed by atoms with Gasteiger partial charge in [-0.05, 0) is 18.2 Å². The molecule has 0 saturated carbocycles. The van der Waals surface area contributed by atoms with Gasteiger partial charge in [0.1, 0.15) is 10.7 Å². The van der Waals surface area contributed by atoms with Gasteiger partial charge in [0.2, 0.25) is 20.0 Å². The zero-order chi connectivity index (χ0) is 15.8. The third-order valence-electron chi connectivity index (χ3n) is 3.24. The number of nitrogens with zero attached hydrogens (tertiary/aromatic N) is 2. The lowest BCUT2D eigenvalue weighted by Crippen LogP contribution is -2.50. The highest BCUT2D eigenvalue weighted by molar-refractivity contribution is 7.89. The fraction of sp³-hybridized carbons (Fsp3) is 0.455. The van der Waals surface area contributed by atoms with Gasteiger partial charge in [-0.3, -0.25) is 0 Å². The molecule has 1 fully saturated rings. The number of benzene rings is 1. The number of nitrogen functional groups attached to an aromatic ring is 1. The third kappa shape index (κ3) is 3.34. The quantitative estimate of drug-likeness (QED) is 0.762. The average molecular weight is 337 g/mol. The molecule has 0 atom stereocenters. The number of anilines is 1. The van der Waals surface area contributed by atoms with E-state index < -0.39 is 30.8 Å². The van der Waals surface area contributed by atoms with E-state index in [0.717, 1.165) is 22.7 Å². The van der Waals surface area contributed by atoms with Crippen LogP contribution in [0.5, 0.6) is 0 Å². The minimum atomic E-state index is -4.00. The van der Waals surface area contributed by atoms with Gasteiger partial charge >= 0.3 is 0 Å². The Hall–Kier alpha value is -1.23. The van der Waals surface area contributed by atoms with Gasteiger partial charge in [-0.2, -0.15) is 8.61 Å². The molecule has 1 aliphatic rings. The highest BCUT2D eigenvalue weighted by Crippen LogP contribution is 2.22. The maximum atomic E-state index is 13.8. The lowest BCUT2D eigenvalue weighted by molar-refractivity contribution is 0.273. The minimum absolute atomic E-state index is 0.0147. The molecule has 10 heteroatoms. The van der Waals surface area contributed by atoms with Crippen LogP contribution in [0.25, 0.3) is 0 Å². The van der Waals surface area contributed by atoms with Crippen LogP contribution in [0.3, 0.4) is 0 Å². The molecule has 1 heterocycles. The normalized spacial score (nSPS) is 18.8. The van der Waals surface area contributed by atoms with Gasteiger partial charge in [0.05, 0.1) is 6.26 Å². The number of hydrogen-bond donors (Lipinski definition) is 1. The van der Waals surface area contributed by atoms with Crippen LogP contribution < -0.4 is 5.73 Å². The summed E-state index contributed by atoms with van der Waals surface area (Å²) in [6.07, 6.45) is 1.07. The summed E-state index contributed by atoms with van der Waals surface area (Å²) in [6.45, 7) is 0.0712. The molecule has 1 aliphatic heterocycles. The molecule has 1 aromatic carbocycles. The van der Waals surface area contributed by atoms with E-state index >= 15 is 0 Å². The molecule has 0 aromatic heterocycles. The summed E-state index contributed by atoms with van der Waals surface area (Å²) in [5.74, 6) is -0.916. The Morgan fingerprint density at radius 2 is 1.57 bits per heavy atom. The predicted molar refractivity (Wildman–Crippen MR) is 76.0 cm³/mol. The molecule has 1 aromatic rings. The van der Waals surface area contributed by atoms with Crippen molar-refractivity contribution in [3.8, 4) is 0 Å². The first-order valence-electron chi connectivity index (χ1n) is 6.12. The number of halogens is 1. The Bertz CT molecular complexity index is 741. The van der Waals surface area contributed by atoms with Crippen molar-refractivity contribution >= 4 is 25.7 Å². The molecule has 1 saturated heterocycles. The van der Waals surface area contributed by atoms with Gasteiger partial charge in [-0.1, -0.05) is 0 Å².